The molecule has 0 saturated carbocycles. The largest absolute Gasteiger partial charge is 0.428 e. The number of hydrogen-bond donors (Lipinski definition) is 1. The van der Waals surface area contributed by atoms with Crippen LogP contribution >= 0.6 is 0 Å². The Kier molecular flexibility index (Phi) is 4.62. The average molecular weight is 426 g/mol. The second-order valence-corrected chi connectivity index (χ2v) is 5.65. The highest BCUT2D eigenvalue weighted by atomic mass is 19.4. The monoisotopic (exact) mass is 426 g/mol. The lowest BCUT2D eigenvalue weighted by Gasteiger charge is -2.31. The summed E-state index contributed by atoms with van der Waals surface area (Å²) in [4.78, 5) is 21.3. The van der Waals surface area contributed by atoms with Crippen LogP contribution in [0.4, 0.5) is 50.9 Å². The van der Waals surface area contributed by atoms with Crippen molar-refractivity contribution in [1.29, 1.82) is 0 Å². The van der Waals surface area contributed by atoms with E-state index in [4.69, 9.17) is 0 Å². The minimum atomic E-state index is -6.82. The number of carbonyl (C=O) groups is 1. The summed E-state index contributed by atoms with van der Waals surface area (Å²) < 4.78 is 123. The van der Waals surface area contributed by atoms with E-state index in [1.54, 1.807) is 0 Å². The molecule has 1 amide bonds. The number of alkyl halides is 9. The maximum atomic E-state index is 14.0. The van der Waals surface area contributed by atoms with Gasteiger partial charge in [-0.15, -0.1) is 0 Å². The van der Waals surface area contributed by atoms with Crippen LogP contribution in [-0.4, -0.2) is 40.6 Å². The van der Waals surface area contributed by atoms with Crippen LogP contribution < -0.4 is 5.32 Å². The summed E-state index contributed by atoms with van der Waals surface area (Å²) in [5.41, 5.74) is -1.62. The Morgan fingerprint density at radius 2 is 1.64 bits per heavy atom. The first kappa shape index (κ1) is 21.7. The van der Waals surface area contributed by atoms with E-state index in [-0.39, 0.29) is 5.56 Å². The summed E-state index contributed by atoms with van der Waals surface area (Å²) in [5, 5.41) is 11.8. The van der Waals surface area contributed by atoms with Gasteiger partial charge < -0.3 is 5.32 Å². The van der Waals surface area contributed by atoms with Crippen molar-refractivity contribution in [2.75, 3.05) is 5.32 Å². The predicted molar refractivity (Wildman–Crippen MR) is 71.2 cm³/mol. The third-order valence-electron chi connectivity index (χ3n) is 3.79. The standard InChI is InChI=1S/C13H7F9N2O4/c1-5-2-3-6(4-7(5)24(26)27)23-8(25)9(14,15)12(20)10(16,17)11(18,19)13(21,22)28-12/h2-4H,1H3,(H,23,25)/t12-/m0/s1. The molecule has 1 aromatic carbocycles. The highest BCUT2D eigenvalue weighted by molar-refractivity contribution is 5.97. The van der Waals surface area contributed by atoms with Gasteiger partial charge in [0, 0.05) is 17.3 Å². The zero-order chi connectivity index (χ0) is 21.9. The zero-order valence-corrected chi connectivity index (χ0v) is 13.2. The summed E-state index contributed by atoms with van der Waals surface area (Å²) in [7, 11) is 0. The minimum absolute atomic E-state index is 0.0262. The van der Waals surface area contributed by atoms with Crippen LogP contribution in [0.1, 0.15) is 5.56 Å². The maximum absolute atomic E-state index is 14.0. The molecule has 1 aliphatic rings. The number of anilines is 1. The molecule has 156 valence electrons. The maximum Gasteiger partial charge on any atom is 0.428 e. The molecule has 15 heteroatoms. The van der Waals surface area contributed by atoms with Crippen molar-refractivity contribution in [1.82, 2.24) is 0 Å². The van der Waals surface area contributed by atoms with Crippen LogP contribution in [0.25, 0.3) is 0 Å². The fourth-order valence-electron chi connectivity index (χ4n) is 2.19. The Morgan fingerprint density at radius 3 is 2.07 bits per heavy atom. The molecule has 6 nitrogen and oxygen atoms in total. The zero-order valence-electron chi connectivity index (χ0n) is 13.2. The van der Waals surface area contributed by atoms with E-state index in [2.05, 4.69) is 4.74 Å². The quantitative estimate of drug-likeness (QED) is 0.448. The number of rotatable bonds is 4. The average Bonchev–Trinajstić information content (AvgIpc) is 2.64. The van der Waals surface area contributed by atoms with E-state index in [1.165, 1.54) is 6.92 Å². The molecule has 0 aliphatic carbocycles. The van der Waals surface area contributed by atoms with Crippen LogP contribution in [0.3, 0.4) is 0 Å². The Labute approximate surface area is 148 Å². The number of nitrogens with zero attached hydrogens (tertiary/aromatic N) is 1. The van der Waals surface area contributed by atoms with Gasteiger partial charge in [0.2, 0.25) is 0 Å². The topological polar surface area (TPSA) is 81.5 Å². The van der Waals surface area contributed by atoms with Gasteiger partial charge in [0.1, 0.15) is 0 Å². The Morgan fingerprint density at radius 1 is 1.11 bits per heavy atom. The molecule has 1 saturated heterocycles. The molecule has 1 heterocycles. The first-order valence-corrected chi connectivity index (χ1v) is 6.89. The van der Waals surface area contributed by atoms with Gasteiger partial charge in [-0.05, 0) is 13.0 Å². The van der Waals surface area contributed by atoms with Gasteiger partial charge in [0.05, 0.1) is 4.92 Å². The summed E-state index contributed by atoms with van der Waals surface area (Å²) in [5.74, 6) is -29.3. The predicted octanol–water partition coefficient (Wildman–Crippen LogP) is 4.04. The van der Waals surface area contributed by atoms with Crippen molar-refractivity contribution in [2.24, 2.45) is 0 Å². The number of ether oxygens (including phenoxy) is 1. The number of carbonyl (C=O) groups excluding carboxylic acids is 1. The van der Waals surface area contributed by atoms with Crippen molar-refractivity contribution < 1.29 is 54.0 Å². The van der Waals surface area contributed by atoms with Crippen molar-refractivity contribution >= 4 is 17.3 Å². The minimum Gasteiger partial charge on any atom is -0.320 e. The van der Waals surface area contributed by atoms with Crippen molar-refractivity contribution in [3.63, 3.8) is 0 Å². The van der Waals surface area contributed by atoms with Crippen molar-refractivity contribution in [2.45, 2.75) is 36.7 Å². The molecule has 0 bridgehead atoms. The number of nitrogens with one attached hydrogen (secondary N) is 1. The van der Waals surface area contributed by atoms with Gasteiger partial charge in [-0.1, -0.05) is 6.07 Å². The van der Waals surface area contributed by atoms with Gasteiger partial charge in [0.15, 0.2) is 0 Å². The molecule has 2 rings (SSSR count). The van der Waals surface area contributed by atoms with Crippen LogP contribution in [-0.2, 0) is 9.53 Å². The first-order chi connectivity index (χ1) is 12.4. The molecule has 0 spiro atoms. The van der Waals surface area contributed by atoms with Gasteiger partial charge >= 0.3 is 35.6 Å². The number of nitro groups is 1. The molecule has 1 fully saturated rings. The second kappa shape index (κ2) is 5.96. The molecule has 1 aromatic rings. The number of hydrogen-bond acceptors (Lipinski definition) is 4. The van der Waals surface area contributed by atoms with Crippen LogP contribution in [0.5, 0.6) is 0 Å². The molecule has 0 radical (unpaired) electrons. The van der Waals surface area contributed by atoms with E-state index in [1.807, 2.05) is 0 Å². The Balaban J connectivity index is 2.43. The van der Waals surface area contributed by atoms with Gasteiger partial charge in [0.25, 0.3) is 5.69 Å². The van der Waals surface area contributed by atoms with E-state index in [0.717, 1.165) is 17.4 Å². The van der Waals surface area contributed by atoms with Crippen molar-refractivity contribution in [3.8, 4) is 0 Å². The Bertz CT molecular complexity index is 845. The van der Waals surface area contributed by atoms with Crippen LogP contribution in [0, 0.1) is 17.0 Å². The fraction of sp³-hybridized carbons (Fsp3) is 0.462. The summed E-state index contributed by atoms with van der Waals surface area (Å²) in [6, 6.07) is 2.13. The van der Waals surface area contributed by atoms with Gasteiger partial charge in [-0.2, -0.15) is 39.5 Å². The lowest BCUT2D eigenvalue weighted by atomic mass is 9.99. The van der Waals surface area contributed by atoms with E-state index in [9.17, 15) is 54.4 Å². The molecule has 1 N–H and O–H groups in total. The van der Waals surface area contributed by atoms with E-state index in [0.29, 0.717) is 6.07 Å². The summed E-state index contributed by atoms with van der Waals surface area (Å²) in [6.45, 7) is 1.20. The Hall–Kier alpha value is -2.58. The van der Waals surface area contributed by atoms with E-state index < -0.39 is 51.9 Å². The lowest BCUT2D eigenvalue weighted by Crippen LogP contribution is -2.63. The molecule has 1 aliphatic heterocycles. The number of benzene rings is 1. The first-order valence-electron chi connectivity index (χ1n) is 6.89. The van der Waals surface area contributed by atoms with E-state index >= 15 is 0 Å². The van der Waals surface area contributed by atoms with Crippen LogP contribution in [0.2, 0.25) is 0 Å². The molecular formula is C13H7F9N2O4. The SMILES string of the molecule is Cc1ccc(NC(=O)C(F)(F)[C@]2(F)OC(F)(F)C(F)(F)C2(F)F)cc1[N+](=O)[O-]. The van der Waals surface area contributed by atoms with Gasteiger partial charge in [-0.25, -0.2) is 0 Å². The summed E-state index contributed by atoms with van der Waals surface area (Å²) in [6.07, 6.45) is -6.36. The normalized spacial score (nSPS) is 25.4. The lowest BCUT2D eigenvalue weighted by molar-refractivity contribution is -0.385. The molecule has 28 heavy (non-hydrogen) atoms. The third-order valence-corrected chi connectivity index (χ3v) is 3.79. The molecule has 1 atom stereocenters. The number of aryl methyl sites for hydroxylation is 1. The smallest absolute Gasteiger partial charge is 0.320 e. The highest BCUT2D eigenvalue weighted by Gasteiger charge is 2.96. The highest BCUT2D eigenvalue weighted by Crippen LogP contribution is 2.64. The second-order valence-electron chi connectivity index (χ2n) is 5.65. The van der Waals surface area contributed by atoms with Crippen LogP contribution in [0.15, 0.2) is 18.2 Å². The number of halogens is 9. The third kappa shape index (κ3) is 2.67. The molecular weight excluding hydrogens is 419 g/mol. The fourth-order valence-corrected chi connectivity index (χ4v) is 2.19. The molecule has 0 aromatic heterocycles. The number of amides is 1. The molecule has 0 unspecified atom stereocenters. The summed E-state index contributed by atoms with van der Waals surface area (Å²) >= 11 is 0. The number of nitro benzene ring substituents is 1. The van der Waals surface area contributed by atoms with Gasteiger partial charge in [-0.3, -0.25) is 19.6 Å². The van der Waals surface area contributed by atoms with Crippen molar-refractivity contribution in [3.05, 3.63) is 33.9 Å².